The Kier molecular flexibility index (Phi) is 7.09. The standard InChI is InChI=1S/C22H32N4O2/c1-17-6-8-18(9-7-17)19-14-24-20(28-19)15-25-21(23-2)26-16-22(12-13-27-3)10-4-5-11-22/h6-9,14H,4-5,10-13,15-16H2,1-3H3,(H2,23,25,26). The molecule has 6 heteroatoms. The van der Waals surface area contributed by atoms with Gasteiger partial charge in [0.05, 0.1) is 12.7 Å². The van der Waals surface area contributed by atoms with Crippen molar-refractivity contribution in [2.45, 2.75) is 45.6 Å². The van der Waals surface area contributed by atoms with Gasteiger partial charge in [0.25, 0.3) is 0 Å². The summed E-state index contributed by atoms with van der Waals surface area (Å²) < 4.78 is 11.2. The van der Waals surface area contributed by atoms with Crippen LogP contribution in [0.15, 0.2) is 39.9 Å². The summed E-state index contributed by atoms with van der Waals surface area (Å²) in [6.45, 7) is 4.29. The van der Waals surface area contributed by atoms with E-state index in [1.54, 1.807) is 20.4 Å². The van der Waals surface area contributed by atoms with Gasteiger partial charge in [0, 0.05) is 32.9 Å². The fourth-order valence-corrected chi connectivity index (χ4v) is 3.85. The molecule has 1 aromatic carbocycles. The molecule has 0 atom stereocenters. The molecule has 2 aromatic rings. The van der Waals surface area contributed by atoms with Crippen LogP contribution < -0.4 is 10.6 Å². The first-order valence-electron chi connectivity index (χ1n) is 10.1. The molecule has 0 unspecified atom stereocenters. The molecule has 0 bridgehead atoms. The second kappa shape index (κ2) is 9.73. The van der Waals surface area contributed by atoms with Crippen molar-refractivity contribution < 1.29 is 9.15 Å². The molecule has 6 nitrogen and oxygen atoms in total. The summed E-state index contributed by atoms with van der Waals surface area (Å²) in [7, 11) is 3.57. The molecule has 1 aromatic heterocycles. The lowest BCUT2D eigenvalue weighted by molar-refractivity contribution is 0.138. The van der Waals surface area contributed by atoms with Crippen LogP contribution in [0.3, 0.4) is 0 Å². The van der Waals surface area contributed by atoms with Crippen LogP contribution in [0.4, 0.5) is 0 Å². The average molecular weight is 385 g/mol. The van der Waals surface area contributed by atoms with Crippen molar-refractivity contribution in [3.63, 3.8) is 0 Å². The SMILES string of the molecule is CN=C(NCc1ncc(-c2ccc(C)cc2)o1)NCC1(CCOC)CCCC1. The van der Waals surface area contributed by atoms with E-state index in [-0.39, 0.29) is 0 Å². The molecule has 1 fully saturated rings. The van der Waals surface area contributed by atoms with Gasteiger partial charge >= 0.3 is 0 Å². The van der Waals surface area contributed by atoms with Gasteiger partial charge in [-0.15, -0.1) is 0 Å². The highest BCUT2D eigenvalue weighted by Crippen LogP contribution is 2.40. The zero-order chi connectivity index (χ0) is 19.8. The normalized spacial score (nSPS) is 16.3. The number of oxazole rings is 1. The number of ether oxygens (including phenoxy) is 1. The molecule has 2 N–H and O–H groups in total. The molecule has 1 aliphatic carbocycles. The van der Waals surface area contributed by atoms with Crippen molar-refractivity contribution in [1.29, 1.82) is 0 Å². The van der Waals surface area contributed by atoms with Crippen molar-refractivity contribution >= 4 is 5.96 Å². The van der Waals surface area contributed by atoms with Crippen molar-refractivity contribution in [2.75, 3.05) is 27.3 Å². The molecule has 3 rings (SSSR count). The number of hydrogen-bond acceptors (Lipinski definition) is 4. The highest BCUT2D eigenvalue weighted by molar-refractivity contribution is 5.79. The lowest BCUT2D eigenvalue weighted by atomic mass is 9.83. The molecule has 152 valence electrons. The molecule has 1 heterocycles. The molecule has 28 heavy (non-hydrogen) atoms. The maximum atomic E-state index is 5.88. The van der Waals surface area contributed by atoms with Crippen molar-refractivity contribution in [3.8, 4) is 11.3 Å². The molecule has 0 amide bonds. The van der Waals surface area contributed by atoms with Gasteiger partial charge in [-0.05, 0) is 31.6 Å². The monoisotopic (exact) mass is 384 g/mol. The number of nitrogens with one attached hydrogen (secondary N) is 2. The van der Waals surface area contributed by atoms with E-state index in [9.17, 15) is 0 Å². The van der Waals surface area contributed by atoms with Crippen molar-refractivity contribution in [1.82, 2.24) is 15.6 Å². The fraction of sp³-hybridized carbons (Fsp3) is 0.545. The van der Waals surface area contributed by atoms with Gasteiger partial charge < -0.3 is 19.8 Å². The van der Waals surface area contributed by atoms with E-state index in [1.165, 1.54) is 31.2 Å². The number of aliphatic imine (C=N–C) groups is 1. The van der Waals surface area contributed by atoms with Crippen LogP contribution in [-0.4, -0.2) is 38.3 Å². The Hall–Kier alpha value is -2.34. The molecular formula is C22H32N4O2. The Morgan fingerprint density at radius 3 is 2.64 bits per heavy atom. The Labute approximate surface area is 167 Å². The molecule has 0 spiro atoms. The molecule has 0 aliphatic heterocycles. The van der Waals surface area contributed by atoms with E-state index >= 15 is 0 Å². The van der Waals surface area contributed by atoms with Gasteiger partial charge in [-0.2, -0.15) is 0 Å². The van der Waals surface area contributed by atoms with Crippen LogP contribution in [0.2, 0.25) is 0 Å². The maximum Gasteiger partial charge on any atom is 0.214 e. The second-order valence-electron chi connectivity index (χ2n) is 7.71. The van der Waals surface area contributed by atoms with E-state index in [4.69, 9.17) is 9.15 Å². The highest BCUT2D eigenvalue weighted by Gasteiger charge is 2.33. The minimum atomic E-state index is 0.315. The van der Waals surface area contributed by atoms with Gasteiger partial charge in [-0.25, -0.2) is 4.98 Å². The van der Waals surface area contributed by atoms with E-state index in [2.05, 4.69) is 51.8 Å². The van der Waals surface area contributed by atoms with Crippen molar-refractivity contribution in [2.24, 2.45) is 10.4 Å². The maximum absolute atomic E-state index is 5.88. The summed E-state index contributed by atoms with van der Waals surface area (Å²) in [5.41, 5.74) is 2.58. The summed E-state index contributed by atoms with van der Waals surface area (Å²) in [5.74, 6) is 2.21. The van der Waals surface area contributed by atoms with Gasteiger partial charge in [-0.3, -0.25) is 4.99 Å². The third-order valence-corrected chi connectivity index (χ3v) is 5.65. The second-order valence-corrected chi connectivity index (χ2v) is 7.71. The predicted molar refractivity (Wildman–Crippen MR) is 112 cm³/mol. The van der Waals surface area contributed by atoms with Gasteiger partial charge in [0.15, 0.2) is 11.7 Å². The Morgan fingerprint density at radius 2 is 1.96 bits per heavy atom. The number of methoxy groups -OCH3 is 1. The number of benzene rings is 1. The lowest BCUT2D eigenvalue weighted by Gasteiger charge is -2.29. The third-order valence-electron chi connectivity index (χ3n) is 5.65. The summed E-state index contributed by atoms with van der Waals surface area (Å²) in [6.07, 6.45) is 7.97. The Morgan fingerprint density at radius 1 is 1.21 bits per heavy atom. The number of rotatable bonds is 8. The van der Waals surface area contributed by atoms with Gasteiger partial charge in [0.2, 0.25) is 5.89 Å². The zero-order valence-electron chi connectivity index (χ0n) is 17.3. The van der Waals surface area contributed by atoms with Gasteiger partial charge in [0.1, 0.15) is 0 Å². The summed E-state index contributed by atoms with van der Waals surface area (Å²) in [6, 6.07) is 8.25. The minimum absolute atomic E-state index is 0.315. The smallest absolute Gasteiger partial charge is 0.214 e. The molecule has 1 aliphatic rings. The minimum Gasteiger partial charge on any atom is -0.439 e. The number of guanidine groups is 1. The van der Waals surface area contributed by atoms with Crippen LogP contribution in [-0.2, 0) is 11.3 Å². The first-order chi connectivity index (χ1) is 13.6. The van der Waals surface area contributed by atoms with Crippen LogP contribution in [0, 0.1) is 12.3 Å². The largest absolute Gasteiger partial charge is 0.439 e. The molecule has 0 saturated heterocycles. The molecule has 0 radical (unpaired) electrons. The number of aromatic nitrogens is 1. The third kappa shape index (κ3) is 5.35. The van der Waals surface area contributed by atoms with Crippen molar-refractivity contribution in [3.05, 3.63) is 41.9 Å². The zero-order valence-corrected chi connectivity index (χ0v) is 17.3. The first kappa shape index (κ1) is 20.4. The quantitative estimate of drug-likeness (QED) is 0.533. The molecule has 1 saturated carbocycles. The lowest BCUT2D eigenvalue weighted by Crippen LogP contribution is -2.43. The van der Waals surface area contributed by atoms with Gasteiger partial charge in [-0.1, -0.05) is 42.7 Å². The van der Waals surface area contributed by atoms with E-state index in [1.807, 2.05) is 0 Å². The predicted octanol–water partition coefficient (Wildman–Crippen LogP) is 3.91. The number of aryl methyl sites for hydroxylation is 1. The van der Waals surface area contributed by atoms with Crippen LogP contribution >= 0.6 is 0 Å². The Balaban J connectivity index is 1.52. The summed E-state index contributed by atoms with van der Waals surface area (Å²) in [4.78, 5) is 8.73. The van der Waals surface area contributed by atoms with E-state index in [0.29, 0.717) is 17.9 Å². The number of hydrogen-bond donors (Lipinski definition) is 2. The van der Waals surface area contributed by atoms with Crippen LogP contribution in [0.1, 0.15) is 43.6 Å². The first-order valence-corrected chi connectivity index (χ1v) is 10.1. The van der Waals surface area contributed by atoms with E-state index < -0.39 is 0 Å². The fourth-order valence-electron chi connectivity index (χ4n) is 3.85. The average Bonchev–Trinajstić information content (AvgIpc) is 3.37. The molecular weight excluding hydrogens is 352 g/mol. The van der Waals surface area contributed by atoms with Crippen LogP contribution in [0.25, 0.3) is 11.3 Å². The summed E-state index contributed by atoms with van der Waals surface area (Å²) in [5, 5.41) is 6.80. The topological polar surface area (TPSA) is 71.7 Å². The number of nitrogens with zero attached hydrogens (tertiary/aromatic N) is 2. The Bertz CT molecular complexity index is 761. The van der Waals surface area contributed by atoms with E-state index in [0.717, 1.165) is 36.9 Å². The highest BCUT2D eigenvalue weighted by atomic mass is 16.5. The summed E-state index contributed by atoms with van der Waals surface area (Å²) >= 11 is 0. The van der Waals surface area contributed by atoms with Crippen LogP contribution in [0.5, 0.6) is 0 Å².